The van der Waals surface area contributed by atoms with E-state index in [-0.39, 0.29) is 12.1 Å². The van der Waals surface area contributed by atoms with E-state index in [4.69, 9.17) is 11.6 Å². The average Bonchev–Trinajstić information content (AvgIpc) is 3.24. The Morgan fingerprint density at radius 1 is 1.25 bits per heavy atom. The SMILES string of the molecule is CCN=C(NC1CCN(CC(F)(F)F)C1)NC1CCN(c2ncccc2Cl)C1. The van der Waals surface area contributed by atoms with Crippen LogP contribution in [0.4, 0.5) is 19.0 Å². The van der Waals surface area contributed by atoms with E-state index in [1.807, 2.05) is 13.0 Å². The van der Waals surface area contributed by atoms with Crippen LogP contribution in [0.25, 0.3) is 0 Å². The van der Waals surface area contributed by atoms with Crippen molar-refractivity contribution in [1.82, 2.24) is 20.5 Å². The molecule has 2 atom stereocenters. The molecule has 28 heavy (non-hydrogen) atoms. The summed E-state index contributed by atoms with van der Waals surface area (Å²) >= 11 is 6.23. The van der Waals surface area contributed by atoms with Gasteiger partial charge in [0.05, 0.1) is 11.6 Å². The summed E-state index contributed by atoms with van der Waals surface area (Å²) in [6.45, 7) is 4.04. The van der Waals surface area contributed by atoms with Gasteiger partial charge in [-0.05, 0) is 31.9 Å². The van der Waals surface area contributed by atoms with Gasteiger partial charge in [0.15, 0.2) is 5.96 Å². The Bertz CT molecular complexity index is 684. The lowest BCUT2D eigenvalue weighted by Crippen LogP contribution is -2.49. The van der Waals surface area contributed by atoms with Crippen molar-refractivity contribution >= 4 is 23.4 Å². The molecule has 2 aliphatic rings. The standard InChI is InChI=1S/C18H26ClF3N6/c1-2-23-17(25-13-5-8-27(10-13)12-18(20,21)22)26-14-6-9-28(11-14)16-15(19)4-3-7-24-16/h3-4,7,13-14H,2,5-6,8-12H2,1H3,(H2,23,25,26). The molecule has 2 saturated heterocycles. The van der Waals surface area contributed by atoms with Crippen LogP contribution >= 0.6 is 11.6 Å². The van der Waals surface area contributed by atoms with Crippen LogP contribution in [0.15, 0.2) is 23.3 Å². The zero-order valence-electron chi connectivity index (χ0n) is 15.8. The number of alkyl halides is 3. The smallest absolute Gasteiger partial charge is 0.353 e. The fourth-order valence-electron chi connectivity index (χ4n) is 3.71. The third-order valence-corrected chi connectivity index (χ3v) is 5.20. The first-order valence-corrected chi connectivity index (χ1v) is 9.94. The number of halogens is 4. The quantitative estimate of drug-likeness (QED) is 0.568. The zero-order chi connectivity index (χ0) is 20.1. The van der Waals surface area contributed by atoms with Crippen LogP contribution in [-0.4, -0.2) is 73.4 Å². The molecule has 2 N–H and O–H groups in total. The molecule has 2 unspecified atom stereocenters. The lowest BCUT2D eigenvalue weighted by molar-refractivity contribution is -0.143. The van der Waals surface area contributed by atoms with Gasteiger partial charge in [-0.2, -0.15) is 13.2 Å². The number of nitrogens with one attached hydrogen (secondary N) is 2. The summed E-state index contributed by atoms with van der Waals surface area (Å²) in [6.07, 6.45) is -0.864. The number of hydrogen-bond donors (Lipinski definition) is 2. The molecule has 2 fully saturated rings. The Labute approximate surface area is 168 Å². The summed E-state index contributed by atoms with van der Waals surface area (Å²) in [4.78, 5) is 12.4. The minimum atomic E-state index is -4.16. The molecular weight excluding hydrogens is 393 g/mol. The lowest BCUT2D eigenvalue weighted by atomic mass is 10.2. The highest BCUT2D eigenvalue weighted by molar-refractivity contribution is 6.32. The minimum absolute atomic E-state index is 0.0390. The van der Waals surface area contributed by atoms with E-state index >= 15 is 0 Å². The lowest BCUT2D eigenvalue weighted by Gasteiger charge is -2.23. The third kappa shape index (κ3) is 5.88. The number of hydrogen-bond acceptors (Lipinski definition) is 4. The van der Waals surface area contributed by atoms with E-state index < -0.39 is 12.7 Å². The van der Waals surface area contributed by atoms with Crippen LogP contribution in [0, 0.1) is 0 Å². The first-order valence-electron chi connectivity index (χ1n) is 9.56. The van der Waals surface area contributed by atoms with Crippen molar-refractivity contribution in [1.29, 1.82) is 0 Å². The van der Waals surface area contributed by atoms with Gasteiger partial charge in [-0.1, -0.05) is 11.6 Å². The molecule has 0 saturated carbocycles. The van der Waals surface area contributed by atoms with E-state index in [1.165, 1.54) is 4.90 Å². The first-order chi connectivity index (χ1) is 13.3. The molecule has 3 heterocycles. The third-order valence-electron chi connectivity index (χ3n) is 4.90. The number of guanidine groups is 1. The topological polar surface area (TPSA) is 55.8 Å². The Balaban J connectivity index is 1.52. The molecule has 0 radical (unpaired) electrons. The number of nitrogens with zero attached hydrogens (tertiary/aromatic N) is 4. The van der Waals surface area contributed by atoms with Crippen LogP contribution in [0.3, 0.4) is 0 Å². The van der Waals surface area contributed by atoms with Gasteiger partial charge < -0.3 is 15.5 Å². The van der Waals surface area contributed by atoms with Crippen molar-refractivity contribution in [2.24, 2.45) is 4.99 Å². The van der Waals surface area contributed by atoms with Crippen molar-refractivity contribution in [3.8, 4) is 0 Å². The molecule has 0 spiro atoms. The normalized spacial score (nSPS) is 24.0. The average molecular weight is 419 g/mol. The number of pyridine rings is 1. The molecule has 0 amide bonds. The maximum atomic E-state index is 12.6. The molecule has 6 nitrogen and oxygen atoms in total. The Kier molecular flexibility index (Phi) is 6.87. The maximum Gasteiger partial charge on any atom is 0.401 e. The summed E-state index contributed by atoms with van der Waals surface area (Å²) in [6, 6.07) is 3.76. The summed E-state index contributed by atoms with van der Waals surface area (Å²) < 4.78 is 37.7. The van der Waals surface area contributed by atoms with Gasteiger partial charge in [-0.3, -0.25) is 9.89 Å². The predicted molar refractivity (Wildman–Crippen MR) is 105 cm³/mol. The number of anilines is 1. The molecule has 1 aromatic heterocycles. The monoisotopic (exact) mass is 418 g/mol. The number of rotatable bonds is 5. The van der Waals surface area contributed by atoms with Crippen molar-refractivity contribution < 1.29 is 13.2 Å². The minimum Gasteiger partial charge on any atom is -0.353 e. The van der Waals surface area contributed by atoms with E-state index in [2.05, 4.69) is 25.5 Å². The predicted octanol–water partition coefficient (Wildman–Crippen LogP) is 2.51. The Morgan fingerprint density at radius 2 is 1.96 bits per heavy atom. The van der Waals surface area contributed by atoms with Gasteiger partial charge in [-0.15, -0.1) is 0 Å². The van der Waals surface area contributed by atoms with Gasteiger partial charge in [0.1, 0.15) is 5.82 Å². The van der Waals surface area contributed by atoms with E-state index in [0.717, 1.165) is 25.3 Å². The summed E-state index contributed by atoms with van der Waals surface area (Å²) in [5, 5.41) is 7.33. The molecule has 0 aromatic carbocycles. The molecule has 3 rings (SSSR count). The largest absolute Gasteiger partial charge is 0.401 e. The molecule has 0 aliphatic carbocycles. The molecule has 10 heteroatoms. The zero-order valence-corrected chi connectivity index (χ0v) is 16.6. The summed E-state index contributed by atoms with van der Waals surface area (Å²) in [5.41, 5.74) is 0. The van der Waals surface area contributed by atoms with Crippen LogP contribution in [0.2, 0.25) is 5.02 Å². The molecule has 0 bridgehead atoms. The van der Waals surface area contributed by atoms with E-state index in [9.17, 15) is 13.2 Å². The number of aliphatic imine (C=N–C) groups is 1. The van der Waals surface area contributed by atoms with Crippen molar-refractivity contribution in [2.45, 2.75) is 38.0 Å². The summed E-state index contributed by atoms with van der Waals surface area (Å²) in [7, 11) is 0. The fourth-order valence-corrected chi connectivity index (χ4v) is 3.95. The van der Waals surface area contributed by atoms with Gasteiger partial charge in [-0.25, -0.2) is 4.98 Å². The maximum absolute atomic E-state index is 12.6. The highest BCUT2D eigenvalue weighted by Gasteiger charge is 2.35. The number of likely N-dealkylation sites (tertiary alicyclic amines) is 1. The first kappa shape index (κ1) is 21.0. The van der Waals surface area contributed by atoms with E-state index in [0.29, 0.717) is 37.0 Å². The molecule has 2 aliphatic heterocycles. The van der Waals surface area contributed by atoms with Gasteiger partial charge in [0.2, 0.25) is 0 Å². The summed E-state index contributed by atoms with van der Waals surface area (Å²) in [5.74, 6) is 1.43. The van der Waals surface area contributed by atoms with Gasteiger partial charge in [0, 0.05) is 51.0 Å². The van der Waals surface area contributed by atoms with Crippen molar-refractivity contribution in [3.63, 3.8) is 0 Å². The second kappa shape index (κ2) is 9.17. The molecular formula is C18H26ClF3N6. The Morgan fingerprint density at radius 3 is 2.64 bits per heavy atom. The fraction of sp³-hybridized carbons (Fsp3) is 0.667. The van der Waals surface area contributed by atoms with E-state index in [1.54, 1.807) is 12.3 Å². The van der Waals surface area contributed by atoms with Crippen molar-refractivity contribution in [2.75, 3.05) is 44.2 Å². The highest BCUT2D eigenvalue weighted by atomic mass is 35.5. The second-order valence-corrected chi connectivity index (χ2v) is 7.60. The van der Waals surface area contributed by atoms with Crippen LogP contribution in [-0.2, 0) is 0 Å². The van der Waals surface area contributed by atoms with Crippen LogP contribution in [0.1, 0.15) is 19.8 Å². The molecule has 156 valence electrons. The molecule has 1 aromatic rings. The van der Waals surface area contributed by atoms with Gasteiger partial charge in [0.25, 0.3) is 0 Å². The van der Waals surface area contributed by atoms with Crippen molar-refractivity contribution in [3.05, 3.63) is 23.4 Å². The second-order valence-electron chi connectivity index (χ2n) is 7.19. The number of aromatic nitrogens is 1. The van der Waals surface area contributed by atoms with Gasteiger partial charge >= 0.3 is 6.18 Å². The van der Waals surface area contributed by atoms with Crippen LogP contribution < -0.4 is 15.5 Å². The Hall–Kier alpha value is -1.74. The highest BCUT2D eigenvalue weighted by Crippen LogP contribution is 2.26. The van der Waals surface area contributed by atoms with Crippen LogP contribution in [0.5, 0.6) is 0 Å².